The average molecular weight is 248 g/mol. The molecule has 0 spiro atoms. The van der Waals surface area contributed by atoms with E-state index in [2.05, 4.69) is 5.32 Å². The molecule has 5 nitrogen and oxygen atoms in total. The summed E-state index contributed by atoms with van der Waals surface area (Å²) in [5.41, 5.74) is 7.19. The SMILES string of the molecule is CCOC(=O)/C=C/c1cc(N)ccc1C(=O)NC. The number of hydrogen-bond donors (Lipinski definition) is 2. The van der Waals surface area contributed by atoms with Crippen LogP contribution < -0.4 is 11.1 Å². The number of rotatable bonds is 4. The van der Waals surface area contributed by atoms with Crippen LogP contribution in [0.2, 0.25) is 0 Å². The van der Waals surface area contributed by atoms with Crippen LogP contribution in [0.25, 0.3) is 6.08 Å². The van der Waals surface area contributed by atoms with Crippen molar-refractivity contribution in [2.45, 2.75) is 6.92 Å². The second-order valence-electron chi connectivity index (χ2n) is 3.51. The van der Waals surface area contributed by atoms with Gasteiger partial charge in [-0.15, -0.1) is 0 Å². The summed E-state index contributed by atoms with van der Waals surface area (Å²) >= 11 is 0. The summed E-state index contributed by atoms with van der Waals surface area (Å²) in [5.74, 6) is -0.693. The number of amides is 1. The Morgan fingerprint density at radius 1 is 1.44 bits per heavy atom. The van der Waals surface area contributed by atoms with E-state index in [9.17, 15) is 9.59 Å². The van der Waals surface area contributed by atoms with E-state index in [1.54, 1.807) is 25.1 Å². The van der Waals surface area contributed by atoms with Crippen LogP contribution in [0, 0.1) is 0 Å². The highest BCUT2D eigenvalue weighted by Crippen LogP contribution is 2.15. The van der Waals surface area contributed by atoms with Gasteiger partial charge in [0, 0.05) is 24.4 Å². The minimum atomic E-state index is -0.456. The third-order valence-corrected chi connectivity index (χ3v) is 2.23. The van der Waals surface area contributed by atoms with Gasteiger partial charge >= 0.3 is 5.97 Å². The van der Waals surface area contributed by atoms with Crippen LogP contribution in [0.15, 0.2) is 24.3 Å². The van der Waals surface area contributed by atoms with Gasteiger partial charge in [0.1, 0.15) is 0 Å². The molecule has 1 aromatic carbocycles. The topological polar surface area (TPSA) is 81.4 Å². The van der Waals surface area contributed by atoms with Crippen LogP contribution in [-0.2, 0) is 9.53 Å². The van der Waals surface area contributed by atoms with E-state index in [0.717, 1.165) is 0 Å². The van der Waals surface area contributed by atoms with Crippen molar-refractivity contribution in [1.29, 1.82) is 0 Å². The number of carbonyl (C=O) groups excluding carboxylic acids is 2. The molecule has 0 saturated carbocycles. The normalized spacial score (nSPS) is 10.3. The first kappa shape index (κ1) is 13.8. The van der Waals surface area contributed by atoms with E-state index in [1.165, 1.54) is 19.2 Å². The number of nitrogen functional groups attached to an aromatic ring is 1. The first-order valence-electron chi connectivity index (χ1n) is 5.55. The highest BCUT2D eigenvalue weighted by molar-refractivity contribution is 5.99. The molecule has 96 valence electrons. The van der Waals surface area contributed by atoms with Crippen molar-refractivity contribution < 1.29 is 14.3 Å². The zero-order valence-electron chi connectivity index (χ0n) is 10.4. The lowest BCUT2D eigenvalue weighted by Crippen LogP contribution is -2.19. The molecule has 0 saturated heterocycles. The average Bonchev–Trinajstić information content (AvgIpc) is 2.36. The predicted octanol–water partition coefficient (Wildman–Crippen LogP) is 1.20. The van der Waals surface area contributed by atoms with Crippen molar-refractivity contribution in [3.8, 4) is 0 Å². The molecule has 0 bridgehead atoms. The van der Waals surface area contributed by atoms with E-state index in [0.29, 0.717) is 23.4 Å². The molecule has 5 heteroatoms. The van der Waals surface area contributed by atoms with Crippen molar-refractivity contribution in [3.05, 3.63) is 35.4 Å². The largest absolute Gasteiger partial charge is 0.463 e. The molecule has 18 heavy (non-hydrogen) atoms. The molecule has 1 aromatic rings. The molecule has 0 aliphatic heterocycles. The van der Waals surface area contributed by atoms with Crippen LogP contribution in [0.5, 0.6) is 0 Å². The highest BCUT2D eigenvalue weighted by Gasteiger charge is 2.08. The van der Waals surface area contributed by atoms with E-state index in [1.807, 2.05) is 0 Å². The molecule has 0 fully saturated rings. The van der Waals surface area contributed by atoms with Crippen molar-refractivity contribution in [2.75, 3.05) is 19.4 Å². The summed E-state index contributed by atoms with van der Waals surface area (Å²) in [6.45, 7) is 2.03. The number of nitrogens with one attached hydrogen (secondary N) is 1. The number of hydrogen-bond acceptors (Lipinski definition) is 4. The van der Waals surface area contributed by atoms with Gasteiger partial charge in [0.05, 0.1) is 6.61 Å². The Labute approximate surface area is 106 Å². The van der Waals surface area contributed by atoms with Crippen molar-refractivity contribution in [2.24, 2.45) is 0 Å². The Morgan fingerprint density at radius 3 is 2.78 bits per heavy atom. The number of carbonyl (C=O) groups is 2. The van der Waals surface area contributed by atoms with Crippen LogP contribution in [0.3, 0.4) is 0 Å². The van der Waals surface area contributed by atoms with Gasteiger partial charge in [0.2, 0.25) is 0 Å². The second-order valence-corrected chi connectivity index (χ2v) is 3.51. The molecule has 0 aliphatic rings. The predicted molar refractivity (Wildman–Crippen MR) is 69.9 cm³/mol. The third-order valence-electron chi connectivity index (χ3n) is 2.23. The molecule has 0 heterocycles. The molecule has 1 amide bonds. The van der Waals surface area contributed by atoms with Gasteiger partial charge in [0.25, 0.3) is 5.91 Å². The van der Waals surface area contributed by atoms with Crippen molar-refractivity contribution in [3.63, 3.8) is 0 Å². The first-order valence-corrected chi connectivity index (χ1v) is 5.55. The molecular weight excluding hydrogens is 232 g/mol. The fraction of sp³-hybridized carbons (Fsp3) is 0.231. The zero-order chi connectivity index (χ0) is 13.5. The van der Waals surface area contributed by atoms with E-state index >= 15 is 0 Å². The van der Waals surface area contributed by atoms with Gasteiger partial charge in [0.15, 0.2) is 0 Å². The minimum Gasteiger partial charge on any atom is -0.463 e. The van der Waals surface area contributed by atoms with Gasteiger partial charge in [-0.2, -0.15) is 0 Å². The molecule has 0 radical (unpaired) electrons. The smallest absolute Gasteiger partial charge is 0.330 e. The van der Waals surface area contributed by atoms with Gasteiger partial charge in [-0.25, -0.2) is 4.79 Å². The summed E-state index contributed by atoms with van der Waals surface area (Å²) in [6.07, 6.45) is 2.78. The standard InChI is InChI=1S/C13H16N2O3/c1-3-18-12(16)7-4-9-8-10(14)5-6-11(9)13(17)15-2/h4-8H,3,14H2,1-2H3,(H,15,17)/b7-4+. The van der Waals surface area contributed by atoms with Crippen LogP contribution in [-0.4, -0.2) is 25.5 Å². The van der Waals surface area contributed by atoms with E-state index in [4.69, 9.17) is 10.5 Å². The Hall–Kier alpha value is -2.30. The minimum absolute atomic E-state index is 0.237. The number of ether oxygens (including phenoxy) is 1. The lowest BCUT2D eigenvalue weighted by molar-refractivity contribution is -0.137. The fourth-order valence-corrected chi connectivity index (χ4v) is 1.41. The molecular formula is C13H16N2O3. The fourth-order valence-electron chi connectivity index (χ4n) is 1.41. The Kier molecular flexibility index (Phi) is 4.92. The Balaban J connectivity index is 3.02. The molecule has 0 aliphatic carbocycles. The Bertz CT molecular complexity index is 481. The van der Waals surface area contributed by atoms with Gasteiger partial charge in [-0.3, -0.25) is 4.79 Å². The molecule has 1 rings (SSSR count). The first-order chi connectivity index (χ1) is 8.58. The number of anilines is 1. The molecule has 0 unspecified atom stereocenters. The summed E-state index contributed by atoms with van der Waals surface area (Å²) < 4.78 is 4.76. The maximum absolute atomic E-state index is 11.6. The number of esters is 1. The molecule has 0 atom stereocenters. The van der Waals surface area contributed by atoms with E-state index < -0.39 is 5.97 Å². The van der Waals surface area contributed by atoms with E-state index in [-0.39, 0.29) is 5.91 Å². The summed E-state index contributed by atoms with van der Waals surface area (Å²) in [4.78, 5) is 22.8. The summed E-state index contributed by atoms with van der Waals surface area (Å²) in [5, 5.41) is 2.52. The van der Waals surface area contributed by atoms with Crippen molar-refractivity contribution in [1.82, 2.24) is 5.32 Å². The maximum Gasteiger partial charge on any atom is 0.330 e. The second kappa shape index (κ2) is 6.44. The summed E-state index contributed by atoms with van der Waals surface area (Å²) in [6, 6.07) is 4.87. The van der Waals surface area contributed by atoms with Crippen LogP contribution >= 0.6 is 0 Å². The van der Waals surface area contributed by atoms with Gasteiger partial charge < -0.3 is 15.8 Å². The highest BCUT2D eigenvalue weighted by atomic mass is 16.5. The molecule has 0 aromatic heterocycles. The Morgan fingerprint density at radius 2 is 2.17 bits per heavy atom. The van der Waals surface area contributed by atoms with Crippen LogP contribution in [0.1, 0.15) is 22.8 Å². The van der Waals surface area contributed by atoms with Gasteiger partial charge in [-0.1, -0.05) is 0 Å². The van der Waals surface area contributed by atoms with Crippen LogP contribution in [0.4, 0.5) is 5.69 Å². The number of nitrogens with two attached hydrogens (primary N) is 1. The monoisotopic (exact) mass is 248 g/mol. The lowest BCUT2D eigenvalue weighted by atomic mass is 10.1. The zero-order valence-corrected chi connectivity index (χ0v) is 10.4. The van der Waals surface area contributed by atoms with Crippen molar-refractivity contribution >= 4 is 23.6 Å². The third kappa shape index (κ3) is 3.62. The maximum atomic E-state index is 11.6. The quantitative estimate of drug-likeness (QED) is 0.476. The summed E-state index contributed by atoms with van der Waals surface area (Å²) in [7, 11) is 1.54. The molecule has 3 N–H and O–H groups in total. The number of benzene rings is 1. The van der Waals surface area contributed by atoms with Gasteiger partial charge in [-0.05, 0) is 36.8 Å². The lowest BCUT2D eigenvalue weighted by Gasteiger charge is -2.05.